The van der Waals surface area contributed by atoms with E-state index < -0.39 is 11.4 Å². The highest BCUT2D eigenvalue weighted by molar-refractivity contribution is 6.05. The minimum Gasteiger partial charge on any atom is -0.490 e. The Morgan fingerprint density at radius 3 is 2.41 bits per heavy atom. The number of fused-ring (bicyclic) bond motifs is 1. The predicted molar refractivity (Wildman–Crippen MR) is 109 cm³/mol. The largest absolute Gasteiger partial charge is 0.490 e. The quantitative estimate of drug-likeness (QED) is 0.800. The standard InChI is InChI=1S/C22H24N2O5/c1-5-24-17-11-10-16(12-18(17)29-13-22(2,3)21(24)27)23-19(25)14-6-8-15(9-7-14)20(26)28-4/h6-12H,5,13H2,1-4H3,(H,23,25). The molecule has 3 rings (SSSR count). The number of nitrogens with zero attached hydrogens (tertiary/aromatic N) is 1. The number of rotatable bonds is 4. The summed E-state index contributed by atoms with van der Waals surface area (Å²) >= 11 is 0. The second-order valence-electron chi connectivity index (χ2n) is 7.43. The molecule has 0 atom stereocenters. The Labute approximate surface area is 169 Å². The van der Waals surface area contributed by atoms with Gasteiger partial charge in [0.15, 0.2) is 0 Å². The third-order valence-electron chi connectivity index (χ3n) is 4.81. The van der Waals surface area contributed by atoms with Crippen molar-refractivity contribution in [2.24, 2.45) is 5.41 Å². The summed E-state index contributed by atoms with van der Waals surface area (Å²) in [5.74, 6) is -0.234. The summed E-state index contributed by atoms with van der Waals surface area (Å²) < 4.78 is 10.5. The molecule has 0 unspecified atom stereocenters. The summed E-state index contributed by atoms with van der Waals surface area (Å²) in [5, 5.41) is 2.82. The first kappa shape index (κ1) is 20.4. The molecule has 1 aliphatic rings. The van der Waals surface area contributed by atoms with E-state index in [0.29, 0.717) is 34.8 Å². The van der Waals surface area contributed by atoms with Gasteiger partial charge in [0.25, 0.3) is 5.91 Å². The van der Waals surface area contributed by atoms with Crippen LogP contribution < -0.4 is 15.0 Å². The van der Waals surface area contributed by atoms with Gasteiger partial charge in [-0.25, -0.2) is 4.79 Å². The van der Waals surface area contributed by atoms with E-state index in [2.05, 4.69) is 10.1 Å². The molecule has 152 valence electrons. The Kier molecular flexibility index (Phi) is 5.59. The topological polar surface area (TPSA) is 84.9 Å². The van der Waals surface area contributed by atoms with E-state index in [-0.39, 0.29) is 18.4 Å². The third kappa shape index (κ3) is 4.08. The first-order valence-corrected chi connectivity index (χ1v) is 9.35. The lowest BCUT2D eigenvalue weighted by atomic mass is 9.93. The van der Waals surface area contributed by atoms with Crippen LogP contribution in [0.3, 0.4) is 0 Å². The van der Waals surface area contributed by atoms with Crippen molar-refractivity contribution in [1.82, 2.24) is 0 Å². The Bertz CT molecular complexity index is 950. The van der Waals surface area contributed by atoms with Crippen LogP contribution in [0.2, 0.25) is 0 Å². The molecule has 2 amide bonds. The van der Waals surface area contributed by atoms with Crippen molar-refractivity contribution in [3.8, 4) is 5.75 Å². The van der Waals surface area contributed by atoms with E-state index in [1.54, 1.807) is 35.2 Å². The minimum absolute atomic E-state index is 0.00114. The lowest BCUT2D eigenvalue weighted by Gasteiger charge is -2.26. The molecular formula is C22H24N2O5. The molecule has 0 saturated heterocycles. The van der Waals surface area contributed by atoms with E-state index in [0.717, 1.165) is 0 Å². The lowest BCUT2D eigenvalue weighted by molar-refractivity contribution is -0.127. The van der Waals surface area contributed by atoms with Crippen LogP contribution in [0.4, 0.5) is 11.4 Å². The molecule has 0 spiro atoms. The first-order chi connectivity index (χ1) is 13.8. The number of nitrogens with one attached hydrogen (secondary N) is 1. The van der Waals surface area contributed by atoms with Gasteiger partial charge in [0, 0.05) is 23.9 Å². The minimum atomic E-state index is -0.639. The number of esters is 1. The Hall–Kier alpha value is -3.35. The molecule has 29 heavy (non-hydrogen) atoms. The van der Waals surface area contributed by atoms with Crippen LogP contribution in [0.1, 0.15) is 41.5 Å². The van der Waals surface area contributed by atoms with E-state index in [4.69, 9.17) is 4.74 Å². The molecule has 0 bridgehead atoms. The molecule has 0 aromatic heterocycles. The predicted octanol–water partition coefficient (Wildman–Crippen LogP) is 3.50. The summed E-state index contributed by atoms with van der Waals surface area (Å²) in [6, 6.07) is 11.4. The van der Waals surface area contributed by atoms with E-state index >= 15 is 0 Å². The van der Waals surface area contributed by atoms with Crippen LogP contribution in [0.5, 0.6) is 5.75 Å². The molecule has 1 aliphatic heterocycles. The SMILES string of the molecule is CCN1C(=O)C(C)(C)COc2cc(NC(=O)c3ccc(C(=O)OC)cc3)ccc21. The normalized spacial score (nSPS) is 15.0. The molecule has 1 heterocycles. The molecule has 0 radical (unpaired) electrons. The fraction of sp³-hybridized carbons (Fsp3) is 0.318. The van der Waals surface area contributed by atoms with Gasteiger partial charge in [-0.05, 0) is 57.2 Å². The van der Waals surface area contributed by atoms with E-state index in [9.17, 15) is 14.4 Å². The number of hydrogen-bond donors (Lipinski definition) is 1. The van der Waals surface area contributed by atoms with Crippen molar-refractivity contribution in [2.75, 3.05) is 30.5 Å². The van der Waals surface area contributed by atoms with Gasteiger partial charge >= 0.3 is 5.97 Å². The maximum atomic E-state index is 12.7. The monoisotopic (exact) mass is 396 g/mol. The van der Waals surface area contributed by atoms with Gasteiger partial charge < -0.3 is 19.7 Å². The van der Waals surface area contributed by atoms with Crippen molar-refractivity contribution in [2.45, 2.75) is 20.8 Å². The molecule has 1 N–H and O–H groups in total. The highest BCUT2D eigenvalue weighted by atomic mass is 16.5. The van der Waals surface area contributed by atoms with Crippen molar-refractivity contribution in [3.05, 3.63) is 53.6 Å². The average Bonchev–Trinajstić information content (AvgIpc) is 2.82. The number of methoxy groups -OCH3 is 1. The summed E-state index contributed by atoms with van der Waals surface area (Å²) in [5.41, 5.74) is 1.37. The first-order valence-electron chi connectivity index (χ1n) is 9.35. The summed E-state index contributed by atoms with van der Waals surface area (Å²) in [7, 11) is 1.30. The van der Waals surface area contributed by atoms with Gasteiger partial charge in [-0.2, -0.15) is 0 Å². The molecule has 0 saturated carbocycles. The molecule has 2 aromatic carbocycles. The van der Waals surface area contributed by atoms with Crippen LogP contribution in [0.15, 0.2) is 42.5 Å². The van der Waals surface area contributed by atoms with Crippen LogP contribution in [-0.2, 0) is 9.53 Å². The van der Waals surface area contributed by atoms with Gasteiger partial charge in [-0.1, -0.05) is 0 Å². The average molecular weight is 396 g/mol. The Morgan fingerprint density at radius 1 is 1.14 bits per heavy atom. The number of anilines is 2. The second-order valence-corrected chi connectivity index (χ2v) is 7.43. The van der Waals surface area contributed by atoms with Gasteiger partial charge in [-0.3, -0.25) is 9.59 Å². The van der Waals surface area contributed by atoms with Crippen molar-refractivity contribution in [3.63, 3.8) is 0 Å². The molecule has 2 aromatic rings. The smallest absolute Gasteiger partial charge is 0.337 e. The lowest BCUT2D eigenvalue weighted by Crippen LogP contribution is -2.42. The van der Waals surface area contributed by atoms with Crippen LogP contribution in [-0.4, -0.2) is 38.0 Å². The number of benzene rings is 2. The Balaban J connectivity index is 1.81. The van der Waals surface area contributed by atoms with E-state index in [1.165, 1.54) is 19.2 Å². The van der Waals surface area contributed by atoms with Crippen molar-refractivity contribution < 1.29 is 23.9 Å². The van der Waals surface area contributed by atoms with Crippen LogP contribution in [0, 0.1) is 5.41 Å². The highest BCUT2D eigenvalue weighted by Gasteiger charge is 2.37. The van der Waals surface area contributed by atoms with Crippen LogP contribution >= 0.6 is 0 Å². The summed E-state index contributed by atoms with van der Waals surface area (Å²) in [6.45, 7) is 6.39. The number of ether oxygens (including phenoxy) is 2. The fourth-order valence-corrected chi connectivity index (χ4v) is 3.12. The third-order valence-corrected chi connectivity index (χ3v) is 4.81. The van der Waals surface area contributed by atoms with Crippen molar-refractivity contribution in [1.29, 1.82) is 0 Å². The second kappa shape index (κ2) is 7.95. The van der Waals surface area contributed by atoms with Gasteiger partial charge in [0.1, 0.15) is 12.4 Å². The zero-order valence-corrected chi connectivity index (χ0v) is 16.9. The van der Waals surface area contributed by atoms with Gasteiger partial charge in [0.2, 0.25) is 5.91 Å². The molecule has 7 nitrogen and oxygen atoms in total. The van der Waals surface area contributed by atoms with Gasteiger partial charge in [-0.15, -0.1) is 0 Å². The molecule has 0 fully saturated rings. The van der Waals surface area contributed by atoms with Gasteiger partial charge in [0.05, 0.1) is 23.8 Å². The maximum absolute atomic E-state index is 12.7. The fourth-order valence-electron chi connectivity index (χ4n) is 3.12. The number of amides is 2. The number of carbonyl (C=O) groups excluding carboxylic acids is 3. The summed E-state index contributed by atoms with van der Waals surface area (Å²) in [4.78, 5) is 38.5. The molecule has 0 aliphatic carbocycles. The zero-order valence-electron chi connectivity index (χ0n) is 16.9. The zero-order chi connectivity index (χ0) is 21.2. The molecular weight excluding hydrogens is 372 g/mol. The van der Waals surface area contributed by atoms with Crippen LogP contribution in [0.25, 0.3) is 0 Å². The number of hydrogen-bond acceptors (Lipinski definition) is 5. The van der Waals surface area contributed by atoms with Crippen molar-refractivity contribution >= 4 is 29.2 Å². The number of carbonyl (C=O) groups is 3. The molecule has 7 heteroatoms. The maximum Gasteiger partial charge on any atom is 0.337 e. The summed E-state index contributed by atoms with van der Waals surface area (Å²) in [6.07, 6.45) is 0. The Morgan fingerprint density at radius 2 is 1.79 bits per heavy atom. The highest BCUT2D eigenvalue weighted by Crippen LogP contribution is 2.38. The van der Waals surface area contributed by atoms with E-state index in [1.807, 2.05) is 20.8 Å².